The van der Waals surface area contributed by atoms with Gasteiger partial charge in [-0.3, -0.25) is 13.8 Å². The number of nitrogens with zero attached hydrogens (tertiary/aromatic N) is 6. The van der Waals surface area contributed by atoms with Gasteiger partial charge in [-0.05, 0) is 29.6 Å². The Morgan fingerprint density at radius 1 is 1.10 bits per heavy atom. The van der Waals surface area contributed by atoms with Crippen molar-refractivity contribution in [1.82, 2.24) is 29.1 Å². The van der Waals surface area contributed by atoms with Gasteiger partial charge in [0.2, 0.25) is 5.78 Å². The topological polar surface area (TPSA) is 91.1 Å². The molecule has 0 atom stereocenters. The maximum absolute atomic E-state index is 12.5. The summed E-state index contributed by atoms with van der Waals surface area (Å²) in [7, 11) is 1.72. The molecule has 0 fully saturated rings. The molecule has 0 spiro atoms. The van der Waals surface area contributed by atoms with E-state index in [1.54, 1.807) is 25.1 Å². The quantitative estimate of drug-likeness (QED) is 0.297. The number of aromatic nitrogens is 6. The lowest BCUT2D eigenvalue weighted by Crippen LogP contribution is -2.19. The highest BCUT2D eigenvalue weighted by Gasteiger charge is 2.17. The van der Waals surface area contributed by atoms with Gasteiger partial charge < -0.3 is 4.42 Å². The Kier molecular flexibility index (Phi) is 4.15. The summed E-state index contributed by atoms with van der Waals surface area (Å²) in [5.74, 6) is 2.97. The molecule has 0 N–H and O–H groups in total. The van der Waals surface area contributed by atoms with Crippen LogP contribution in [0.4, 0.5) is 0 Å². The largest absolute Gasteiger partial charge is 0.461 e. The van der Waals surface area contributed by atoms with Crippen molar-refractivity contribution in [3.8, 4) is 11.6 Å². The summed E-state index contributed by atoms with van der Waals surface area (Å²) in [6, 6.07) is 13.5. The lowest BCUT2D eigenvalue weighted by molar-refractivity contribution is 0.577. The van der Waals surface area contributed by atoms with E-state index in [-0.39, 0.29) is 5.56 Å². The molecule has 0 amide bonds. The first-order chi connectivity index (χ1) is 15.2. The fourth-order valence-electron chi connectivity index (χ4n) is 3.55. The summed E-state index contributed by atoms with van der Waals surface area (Å²) >= 11 is 2.98. The summed E-state index contributed by atoms with van der Waals surface area (Å²) in [4.78, 5) is 21.9. The van der Waals surface area contributed by atoms with Crippen LogP contribution in [0, 0.1) is 0 Å². The molecule has 8 nitrogen and oxygen atoms in total. The Balaban J connectivity index is 1.46. The molecule has 0 aliphatic carbocycles. The van der Waals surface area contributed by atoms with Crippen molar-refractivity contribution in [3.05, 3.63) is 70.3 Å². The molecule has 0 aliphatic rings. The number of benzene rings is 1. The van der Waals surface area contributed by atoms with Crippen LogP contribution < -0.4 is 5.56 Å². The number of furan rings is 1. The van der Waals surface area contributed by atoms with Gasteiger partial charge in [0.05, 0.1) is 23.0 Å². The van der Waals surface area contributed by atoms with Gasteiger partial charge in [0, 0.05) is 12.4 Å². The molecule has 0 saturated carbocycles. The van der Waals surface area contributed by atoms with Gasteiger partial charge in [0.25, 0.3) is 5.56 Å². The van der Waals surface area contributed by atoms with Crippen molar-refractivity contribution in [3.63, 3.8) is 0 Å². The third-order valence-electron chi connectivity index (χ3n) is 5.05. The van der Waals surface area contributed by atoms with E-state index in [9.17, 15) is 4.79 Å². The van der Waals surface area contributed by atoms with Crippen molar-refractivity contribution in [2.24, 2.45) is 7.05 Å². The molecule has 6 aromatic rings. The van der Waals surface area contributed by atoms with E-state index in [1.807, 2.05) is 52.2 Å². The van der Waals surface area contributed by atoms with Crippen LogP contribution in [0.25, 0.3) is 38.5 Å². The average Bonchev–Trinajstić information content (AvgIpc) is 3.55. The lowest BCUT2D eigenvalue weighted by Gasteiger charge is -2.08. The van der Waals surface area contributed by atoms with E-state index < -0.39 is 0 Å². The Morgan fingerprint density at radius 2 is 2.00 bits per heavy atom. The molecule has 1 aromatic carbocycles. The molecule has 0 saturated heterocycles. The van der Waals surface area contributed by atoms with E-state index in [2.05, 4.69) is 15.2 Å². The van der Waals surface area contributed by atoms with Gasteiger partial charge >= 0.3 is 0 Å². The fraction of sp³-hybridized carbons (Fsp3) is 0.0952. The van der Waals surface area contributed by atoms with Gasteiger partial charge in [0.15, 0.2) is 11.6 Å². The molecule has 5 aromatic heterocycles. The van der Waals surface area contributed by atoms with Crippen molar-refractivity contribution < 1.29 is 4.42 Å². The fourth-order valence-corrected chi connectivity index (χ4v) is 5.34. The minimum absolute atomic E-state index is 0.0611. The van der Waals surface area contributed by atoms with Gasteiger partial charge in [0.1, 0.15) is 15.6 Å². The maximum atomic E-state index is 12.5. The van der Waals surface area contributed by atoms with Crippen LogP contribution in [0.3, 0.4) is 0 Å². The van der Waals surface area contributed by atoms with Crippen molar-refractivity contribution in [2.75, 3.05) is 0 Å². The van der Waals surface area contributed by atoms with Crippen LogP contribution in [-0.2, 0) is 12.8 Å². The summed E-state index contributed by atoms with van der Waals surface area (Å²) in [5.41, 5.74) is 1.61. The Hall–Kier alpha value is -3.50. The van der Waals surface area contributed by atoms with Crippen LogP contribution in [0.2, 0.25) is 0 Å². The summed E-state index contributed by atoms with van der Waals surface area (Å²) < 4.78 is 9.67. The van der Waals surface area contributed by atoms with Crippen LogP contribution in [0.15, 0.2) is 68.3 Å². The van der Waals surface area contributed by atoms with Crippen molar-refractivity contribution in [2.45, 2.75) is 10.8 Å². The summed E-state index contributed by atoms with van der Waals surface area (Å²) in [5, 5.41) is 12.3. The molecular weight excluding hydrogens is 432 g/mol. The third kappa shape index (κ3) is 2.87. The predicted molar refractivity (Wildman–Crippen MR) is 120 cm³/mol. The molecule has 5 heterocycles. The minimum Gasteiger partial charge on any atom is -0.461 e. The third-order valence-corrected chi connectivity index (χ3v) is 6.92. The zero-order valence-corrected chi connectivity index (χ0v) is 17.9. The number of rotatable bonds is 4. The summed E-state index contributed by atoms with van der Waals surface area (Å²) in [6.45, 7) is 0. The maximum Gasteiger partial charge on any atom is 0.272 e. The van der Waals surface area contributed by atoms with E-state index in [4.69, 9.17) is 9.40 Å². The predicted octanol–water partition coefficient (Wildman–Crippen LogP) is 4.14. The highest BCUT2D eigenvalue weighted by atomic mass is 32.2. The number of hydrogen-bond acceptors (Lipinski definition) is 8. The van der Waals surface area contributed by atoms with E-state index in [0.717, 1.165) is 27.3 Å². The molecule has 31 heavy (non-hydrogen) atoms. The normalized spacial score (nSPS) is 11.8. The number of fused-ring (bicyclic) bond motifs is 4. The van der Waals surface area contributed by atoms with Crippen LogP contribution in [-0.4, -0.2) is 29.1 Å². The first-order valence-corrected chi connectivity index (χ1v) is 11.3. The highest BCUT2D eigenvalue weighted by Crippen LogP contribution is 2.31. The smallest absolute Gasteiger partial charge is 0.272 e. The molecule has 152 valence electrons. The monoisotopic (exact) mass is 446 g/mol. The van der Waals surface area contributed by atoms with Crippen LogP contribution in [0.1, 0.15) is 5.82 Å². The second kappa shape index (κ2) is 7.03. The zero-order chi connectivity index (χ0) is 20.9. The Labute approximate surface area is 183 Å². The van der Waals surface area contributed by atoms with Gasteiger partial charge in [-0.1, -0.05) is 30.0 Å². The van der Waals surface area contributed by atoms with Gasteiger partial charge in [-0.2, -0.15) is 0 Å². The average molecular weight is 447 g/mol. The van der Waals surface area contributed by atoms with Gasteiger partial charge in [-0.15, -0.1) is 21.5 Å². The number of hydrogen-bond donors (Lipinski definition) is 0. The number of aryl methyl sites for hydroxylation is 1. The molecule has 10 heteroatoms. The molecule has 0 aliphatic heterocycles. The van der Waals surface area contributed by atoms with E-state index in [0.29, 0.717) is 27.8 Å². The first-order valence-electron chi connectivity index (χ1n) is 9.44. The van der Waals surface area contributed by atoms with Gasteiger partial charge in [-0.25, -0.2) is 9.97 Å². The molecular formula is C21H14N6O2S2. The Bertz CT molecular complexity index is 1630. The molecule has 6 rings (SSSR count). The number of para-hydroxylation sites is 1. The second-order valence-corrected chi connectivity index (χ2v) is 8.77. The summed E-state index contributed by atoms with van der Waals surface area (Å²) in [6.07, 6.45) is 1.61. The van der Waals surface area contributed by atoms with E-state index >= 15 is 0 Å². The van der Waals surface area contributed by atoms with Crippen molar-refractivity contribution in [1.29, 1.82) is 0 Å². The number of thioether (sulfide) groups is 1. The SMILES string of the molecule is Cn1c(=O)c2sccc2n2c(CSc3nc(-c4ccco4)nc4ccccc34)nnc12. The second-order valence-electron chi connectivity index (χ2n) is 6.89. The zero-order valence-electron chi connectivity index (χ0n) is 16.2. The Morgan fingerprint density at radius 3 is 2.87 bits per heavy atom. The molecule has 0 unspecified atom stereocenters. The molecule has 0 bridgehead atoms. The standard InChI is InChI=1S/C21H14N6O2S2/c1-26-20(28)17-14(8-10-30-17)27-16(24-25-21(26)27)11-31-19-12-5-2-3-6-13(12)22-18(23-19)15-7-4-9-29-15/h2-10H,11H2,1H3. The van der Waals surface area contributed by atoms with Crippen LogP contribution >= 0.6 is 23.1 Å². The lowest BCUT2D eigenvalue weighted by atomic mass is 10.2. The minimum atomic E-state index is -0.0611. The molecule has 0 radical (unpaired) electrons. The van der Waals surface area contributed by atoms with Crippen molar-refractivity contribution >= 4 is 50.0 Å². The van der Waals surface area contributed by atoms with E-state index in [1.165, 1.54) is 15.9 Å². The van der Waals surface area contributed by atoms with Crippen LogP contribution in [0.5, 0.6) is 0 Å². The first kappa shape index (κ1) is 18.3. The highest BCUT2D eigenvalue weighted by molar-refractivity contribution is 7.98. The number of thiophene rings is 1.